The Morgan fingerprint density at radius 1 is 1.30 bits per heavy atom. The molecule has 0 bridgehead atoms. The standard InChI is InChI=1S/C17H21N5O/c1-21(2)12-10-18-16(23)14-7-9-19-17(20-14)22-11-8-13-5-3-4-6-15(13)22/h3-7,9H,8,10-12H2,1-2H3,(H,18,23). The number of rotatable bonds is 5. The molecule has 6 nitrogen and oxygen atoms in total. The Hall–Kier alpha value is -2.47. The van der Waals surface area contributed by atoms with Crippen molar-refractivity contribution in [3.63, 3.8) is 0 Å². The van der Waals surface area contributed by atoms with Crippen LogP contribution in [-0.4, -0.2) is 54.5 Å². The predicted octanol–water partition coefficient (Wildman–Crippen LogP) is 1.46. The van der Waals surface area contributed by atoms with Crippen molar-refractivity contribution in [2.75, 3.05) is 38.6 Å². The normalized spacial score (nSPS) is 13.3. The van der Waals surface area contributed by atoms with Gasteiger partial charge in [0.2, 0.25) is 5.95 Å². The zero-order chi connectivity index (χ0) is 16.2. The molecule has 1 aliphatic rings. The highest BCUT2D eigenvalue weighted by atomic mass is 16.1. The number of aromatic nitrogens is 2. The molecule has 0 fully saturated rings. The summed E-state index contributed by atoms with van der Waals surface area (Å²) in [7, 11) is 3.94. The lowest BCUT2D eigenvalue weighted by Crippen LogP contribution is -2.32. The van der Waals surface area contributed by atoms with E-state index < -0.39 is 0 Å². The Morgan fingerprint density at radius 3 is 2.96 bits per heavy atom. The second kappa shape index (κ2) is 6.75. The van der Waals surface area contributed by atoms with E-state index in [1.165, 1.54) is 5.56 Å². The lowest BCUT2D eigenvalue weighted by molar-refractivity contribution is 0.0946. The van der Waals surface area contributed by atoms with Crippen molar-refractivity contribution >= 4 is 17.5 Å². The fourth-order valence-corrected chi connectivity index (χ4v) is 2.63. The highest BCUT2D eigenvalue weighted by molar-refractivity contribution is 5.92. The van der Waals surface area contributed by atoms with E-state index in [1.807, 2.05) is 31.1 Å². The SMILES string of the molecule is CN(C)CCNC(=O)c1ccnc(N2CCc3ccccc32)n1. The van der Waals surface area contributed by atoms with Crippen LogP contribution >= 0.6 is 0 Å². The molecule has 0 radical (unpaired) electrons. The summed E-state index contributed by atoms with van der Waals surface area (Å²) in [5.41, 5.74) is 2.81. The van der Waals surface area contributed by atoms with Crippen LogP contribution in [0.25, 0.3) is 0 Å². The van der Waals surface area contributed by atoms with Gasteiger partial charge in [0.05, 0.1) is 0 Å². The maximum Gasteiger partial charge on any atom is 0.270 e. The molecule has 120 valence electrons. The van der Waals surface area contributed by atoms with E-state index in [1.54, 1.807) is 12.3 Å². The molecule has 0 aliphatic carbocycles. The highest BCUT2D eigenvalue weighted by Crippen LogP contribution is 2.31. The summed E-state index contributed by atoms with van der Waals surface area (Å²) in [6, 6.07) is 9.88. The molecule has 0 saturated heterocycles. The van der Waals surface area contributed by atoms with Crippen LogP contribution in [0.4, 0.5) is 11.6 Å². The summed E-state index contributed by atoms with van der Waals surface area (Å²) >= 11 is 0. The van der Waals surface area contributed by atoms with Crippen LogP contribution in [0.1, 0.15) is 16.1 Å². The van der Waals surface area contributed by atoms with Crippen molar-refractivity contribution in [3.05, 3.63) is 47.8 Å². The first-order valence-corrected chi connectivity index (χ1v) is 7.76. The molecule has 1 aromatic heterocycles. The molecule has 1 aromatic carbocycles. The van der Waals surface area contributed by atoms with E-state index in [0.29, 0.717) is 18.2 Å². The number of anilines is 2. The number of benzene rings is 1. The van der Waals surface area contributed by atoms with E-state index in [9.17, 15) is 4.79 Å². The van der Waals surface area contributed by atoms with Gasteiger partial charge in [-0.05, 0) is 38.2 Å². The van der Waals surface area contributed by atoms with Gasteiger partial charge in [0.1, 0.15) is 5.69 Å². The van der Waals surface area contributed by atoms with E-state index in [0.717, 1.165) is 25.2 Å². The Labute approximate surface area is 136 Å². The van der Waals surface area contributed by atoms with Crippen molar-refractivity contribution < 1.29 is 4.79 Å². The molecular weight excluding hydrogens is 290 g/mol. The van der Waals surface area contributed by atoms with Crippen molar-refractivity contribution in [1.82, 2.24) is 20.2 Å². The molecule has 1 aliphatic heterocycles. The van der Waals surface area contributed by atoms with Crippen LogP contribution in [0, 0.1) is 0 Å². The third-order valence-electron chi connectivity index (χ3n) is 3.85. The van der Waals surface area contributed by atoms with Gasteiger partial charge in [-0.2, -0.15) is 0 Å². The largest absolute Gasteiger partial charge is 0.349 e. The lowest BCUT2D eigenvalue weighted by atomic mass is 10.2. The quantitative estimate of drug-likeness (QED) is 0.906. The molecule has 6 heteroatoms. The average molecular weight is 311 g/mol. The van der Waals surface area contributed by atoms with Crippen LogP contribution in [-0.2, 0) is 6.42 Å². The van der Waals surface area contributed by atoms with Gasteiger partial charge in [0.25, 0.3) is 5.91 Å². The van der Waals surface area contributed by atoms with Crippen LogP contribution in [0.5, 0.6) is 0 Å². The van der Waals surface area contributed by atoms with Gasteiger partial charge in [-0.25, -0.2) is 9.97 Å². The summed E-state index contributed by atoms with van der Waals surface area (Å²) in [6.45, 7) is 2.23. The number of para-hydroxylation sites is 1. The molecule has 0 unspecified atom stereocenters. The fourth-order valence-electron chi connectivity index (χ4n) is 2.63. The molecule has 1 N–H and O–H groups in total. The number of carbonyl (C=O) groups is 1. The van der Waals surface area contributed by atoms with E-state index in [2.05, 4.69) is 32.3 Å². The number of nitrogens with zero attached hydrogens (tertiary/aromatic N) is 4. The lowest BCUT2D eigenvalue weighted by Gasteiger charge is -2.17. The number of hydrogen-bond donors (Lipinski definition) is 1. The first kappa shape index (κ1) is 15.4. The Balaban J connectivity index is 1.75. The van der Waals surface area contributed by atoms with Gasteiger partial charge in [-0.3, -0.25) is 4.79 Å². The summed E-state index contributed by atoms with van der Waals surface area (Å²) < 4.78 is 0. The zero-order valence-corrected chi connectivity index (χ0v) is 13.5. The first-order valence-electron chi connectivity index (χ1n) is 7.76. The molecule has 0 saturated carbocycles. The molecule has 3 rings (SSSR count). The molecule has 0 atom stereocenters. The first-order chi connectivity index (χ1) is 11.1. The third kappa shape index (κ3) is 3.48. The summed E-state index contributed by atoms with van der Waals surface area (Å²) in [5.74, 6) is 0.415. The monoisotopic (exact) mass is 311 g/mol. The number of amides is 1. The van der Waals surface area contributed by atoms with Gasteiger partial charge in [0.15, 0.2) is 0 Å². The van der Waals surface area contributed by atoms with Crippen molar-refractivity contribution in [2.45, 2.75) is 6.42 Å². The van der Waals surface area contributed by atoms with Crippen LogP contribution in [0.15, 0.2) is 36.5 Å². The molecule has 2 aromatic rings. The third-order valence-corrected chi connectivity index (χ3v) is 3.85. The van der Waals surface area contributed by atoms with Gasteiger partial charge in [-0.1, -0.05) is 18.2 Å². The van der Waals surface area contributed by atoms with E-state index >= 15 is 0 Å². The number of nitrogens with one attached hydrogen (secondary N) is 1. The smallest absolute Gasteiger partial charge is 0.270 e. The number of fused-ring (bicyclic) bond motifs is 1. The molecule has 2 heterocycles. The van der Waals surface area contributed by atoms with Crippen molar-refractivity contribution in [1.29, 1.82) is 0 Å². The topological polar surface area (TPSA) is 61.4 Å². The number of carbonyl (C=O) groups excluding carboxylic acids is 1. The molecule has 1 amide bonds. The molecular formula is C17H21N5O. The maximum atomic E-state index is 12.2. The minimum Gasteiger partial charge on any atom is -0.349 e. The van der Waals surface area contributed by atoms with Crippen molar-refractivity contribution in [2.24, 2.45) is 0 Å². The van der Waals surface area contributed by atoms with Gasteiger partial charge < -0.3 is 15.1 Å². The average Bonchev–Trinajstić information content (AvgIpc) is 2.98. The maximum absolute atomic E-state index is 12.2. The van der Waals surface area contributed by atoms with Crippen LogP contribution in [0.3, 0.4) is 0 Å². The minimum absolute atomic E-state index is 0.164. The van der Waals surface area contributed by atoms with Crippen LogP contribution < -0.4 is 10.2 Å². The Kier molecular flexibility index (Phi) is 4.52. The van der Waals surface area contributed by atoms with E-state index in [4.69, 9.17) is 0 Å². The second-order valence-electron chi connectivity index (χ2n) is 5.83. The van der Waals surface area contributed by atoms with Gasteiger partial charge >= 0.3 is 0 Å². The zero-order valence-electron chi connectivity index (χ0n) is 13.5. The predicted molar refractivity (Wildman–Crippen MR) is 90.1 cm³/mol. The van der Waals surface area contributed by atoms with Gasteiger partial charge in [-0.15, -0.1) is 0 Å². The second-order valence-corrected chi connectivity index (χ2v) is 5.83. The molecule has 0 spiro atoms. The summed E-state index contributed by atoms with van der Waals surface area (Å²) in [5, 5.41) is 2.88. The molecule has 23 heavy (non-hydrogen) atoms. The fraction of sp³-hybridized carbons (Fsp3) is 0.353. The number of likely N-dealkylation sites (N-methyl/N-ethyl adjacent to an activating group) is 1. The number of hydrogen-bond acceptors (Lipinski definition) is 5. The summed E-state index contributed by atoms with van der Waals surface area (Å²) in [4.78, 5) is 25.1. The summed E-state index contributed by atoms with van der Waals surface area (Å²) in [6.07, 6.45) is 2.61. The highest BCUT2D eigenvalue weighted by Gasteiger charge is 2.22. The van der Waals surface area contributed by atoms with E-state index in [-0.39, 0.29) is 5.91 Å². The Morgan fingerprint density at radius 2 is 2.13 bits per heavy atom. The Bertz CT molecular complexity index is 701. The van der Waals surface area contributed by atoms with Crippen LogP contribution in [0.2, 0.25) is 0 Å². The van der Waals surface area contributed by atoms with Crippen molar-refractivity contribution in [3.8, 4) is 0 Å². The minimum atomic E-state index is -0.164. The van der Waals surface area contributed by atoms with Gasteiger partial charge in [0, 0.05) is 31.5 Å².